The summed E-state index contributed by atoms with van der Waals surface area (Å²) in [6, 6.07) is 5.39. The van der Waals surface area contributed by atoms with Crippen molar-refractivity contribution in [1.82, 2.24) is 0 Å². The zero-order valence-corrected chi connectivity index (χ0v) is 7.37. The normalized spacial score (nSPS) is 9.18. The molecular formula is C7H7BrN3+. The molecule has 0 heterocycles. The van der Waals surface area contributed by atoms with Crippen LogP contribution in [-0.2, 0) is 6.54 Å². The maximum absolute atomic E-state index is 8.52. The molecule has 0 fully saturated rings. The van der Waals surface area contributed by atoms with Crippen LogP contribution in [0.5, 0.6) is 0 Å². The third-order valence-corrected chi connectivity index (χ3v) is 1.87. The number of nitrogens with zero attached hydrogens (tertiary/aromatic N) is 2. The highest BCUT2D eigenvalue weighted by molar-refractivity contribution is 9.10. The van der Waals surface area contributed by atoms with Crippen LogP contribution in [0.15, 0.2) is 22.7 Å². The van der Waals surface area contributed by atoms with Gasteiger partial charge in [-0.1, -0.05) is 15.9 Å². The van der Waals surface area contributed by atoms with Crippen LogP contribution in [0.1, 0.15) is 5.56 Å². The lowest BCUT2D eigenvalue weighted by Gasteiger charge is -1.91. The first-order valence-corrected chi connectivity index (χ1v) is 3.91. The van der Waals surface area contributed by atoms with Crippen molar-refractivity contribution in [2.45, 2.75) is 6.54 Å². The Bertz CT molecular complexity index is 303. The Balaban J connectivity index is 3.19. The zero-order valence-electron chi connectivity index (χ0n) is 5.79. The van der Waals surface area contributed by atoms with Crippen LogP contribution in [0.4, 0.5) is 5.69 Å². The summed E-state index contributed by atoms with van der Waals surface area (Å²) in [5.74, 6) is 0. The summed E-state index contributed by atoms with van der Waals surface area (Å²) in [6.07, 6.45) is 0. The number of nitrogens with two attached hydrogens (primary N) is 1. The van der Waals surface area contributed by atoms with Crippen molar-refractivity contribution in [2.75, 3.05) is 0 Å². The standard InChI is InChI=1S/C7H7BrN3/c8-6-2-1-5(4-9)7(3-6)11-10/h1-3H,4,9H2/q+1. The van der Waals surface area contributed by atoms with Gasteiger partial charge < -0.3 is 5.73 Å². The molecule has 2 N–H and O–H groups in total. The summed E-state index contributed by atoms with van der Waals surface area (Å²) in [7, 11) is 0. The van der Waals surface area contributed by atoms with Crippen molar-refractivity contribution in [2.24, 2.45) is 5.73 Å². The molecule has 0 spiro atoms. The Labute approximate surface area is 73.0 Å². The van der Waals surface area contributed by atoms with Gasteiger partial charge in [0, 0.05) is 17.1 Å². The number of hydrogen-bond donors (Lipinski definition) is 1. The van der Waals surface area contributed by atoms with Gasteiger partial charge in [-0.2, -0.15) is 0 Å². The number of benzene rings is 1. The Morgan fingerprint density at radius 2 is 2.27 bits per heavy atom. The molecule has 0 amide bonds. The predicted octanol–water partition coefficient (Wildman–Crippen LogP) is 2.39. The van der Waals surface area contributed by atoms with E-state index in [-0.39, 0.29) is 0 Å². The molecule has 0 aliphatic carbocycles. The smallest absolute Gasteiger partial charge is 0.326 e. The van der Waals surface area contributed by atoms with E-state index in [0.717, 1.165) is 10.0 Å². The van der Waals surface area contributed by atoms with E-state index in [4.69, 9.17) is 11.1 Å². The Morgan fingerprint density at radius 1 is 1.55 bits per heavy atom. The SMILES string of the molecule is N#[N+]c1cc(Br)ccc1CN. The third-order valence-electron chi connectivity index (χ3n) is 1.37. The minimum absolute atomic E-state index is 0.382. The van der Waals surface area contributed by atoms with E-state index in [2.05, 4.69) is 20.9 Å². The van der Waals surface area contributed by atoms with Crippen molar-refractivity contribution >= 4 is 21.6 Å². The van der Waals surface area contributed by atoms with Crippen molar-refractivity contribution in [3.63, 3.8) is 0 Å². The van der Waals surface area contributed by atoms with Crippen LogP contribution >= 0.6 is 15.9 Å². The predicted molar refractivity (Wildman–Crippen MR) is 46.8 cm³/mol. The minimum atomic E-state index is 0.382. The summed E-state index contributed by atoms with van der Waals surface area (Å²) < 4.78 is 0.877. The van der Waals surface area contributed by atoms with E-state index in [9.17, 15) is 0 Å². The second-order valence-corrected chi connectivity index (χ2v) is 2.99. The van der Waals surface area contributed by atoms with E-state index in [1.54, 1.807) is 6.07 Å². The summed E-state index contributed by atoms with van der Waals surface area (Å²) in [4.78, 5) is 3.09. The average molecular weight is 213 g/mol. The lowest BCUT2D eigenvalue weighted by atomic mass is 10.2. The number of halogens is 1. The van der Waals surface area contributed by atoms with Crippen LogP contribution in [0.3, 0.4) is 0 Å². The van der Waals surface area contributed by atoms with Crippen LogP contribution < -0.4 is 5.73 Å². The maximum Gasteiger partial charge on any atom is 0.390 e. The topological polar surface area (TPSA) is 54.2 Å². The Kier molecular flexibility index (Phi) is 2.58. The molecule has 0 atom stereocenters. The van der Waals surface area contributed by atoms with Gasteiger partial charge >= 0.3 is 5.69 Å². The van der Waals surface area contributed by atoms with Gasteiger partial charge in [0.2, 0.25) is 5.39 Å². The van der Waals surface area contributed by atoms with Crippen molar-refractivity contribution in [1.29, 1.82) is 5.39 Å². The van der Waals surface area contributed by atoms with Crippen molar-refractivity contribution in [3.8, 4) is 0 Å². The number of diazo groups is 1. The van der Waals surface area contributed by atoms with E-state index >= 15 is 0 Å². The average Bonchev–Trinajstić information content (AvgIpc) is 2.04. The van der Waals surface area contributed by atoms with Crippen LogP contribution in [0.25, 0.3) is 4.98 Å². The van der Waals surface area contributed by atoms with E-state index in [1.165, 1.54) is 0 Å². The molecule has 1 rings (SSSR count). The van der Waals surface area contributed by atoms with Crippen LogP contribution in [0, 0.1) is 5.39 Å². The Morgan fingerprint density at radius 3 is 2.82 bits per heavy atom. The molecule has 56 valence electrons. The lowest BCUT2D eigenvalue weighted by Crippen LogP contribution is -1.95. The minimum Gasteiger partial charge on any atom is -0.326 e. The summed E-state index contributed by atoms with van der Waals surface area (Å²) in [5, 5.41) is 8.52. The quantitative estimate of drug-likeness (QED) is 0.728. The molecule has 0 radical (unpaired) electrons. The Hall–Kier alpha value is -0.920. The fraction of sp³-hybridized carbons (Fsp3) is 0.143. The van der Waals surface area contributed by atoms with Gasteiger partial charge in [-0.25, -0.2) is 0 Å². The first-order valence-electron chi connectivity index (χ1n) is 3.11. The van der Waals surface area contributed by atoms with Crippen molar-refractivity contribution in [3.05, 3.63) is 33.2 Å². The van der Waals surface area contributed by atoms with Gasteiger partial charge in [0.1, 0.15) is 0 Å². The van der Waals surface area contributed by atoms with Gasteiger partial charge in [0.05, 0.1) is 5.56 Å². The van der Waals surface area contributed by atoms with Gasteiger partial charge in [-0.05, 0) is 12.1 Å². The van der Waals surface area contributed by atoms with Gasteiger partial charge in [0.25, 0.3) is 0 Å². The first-order chi connectivity index (χ1) is 5.27. The molecule has 1 aromatic rings. The second kappa shape index (κ2) is 3.46. The molecule has 3 nitrogen and oxygen atoms in total. The van der Waals surface area contributed by atoms with Crippen LogP contribution in [0.2, 0.25) is 0 Å². The highest BCUT2D eigenvalue weighted by atomic mass is 79.9. The zero-order chi connectivity index (χ0) is 8.27. The van der Waals surface area contributed by atoms with Crippen molar-refractivity contribution < 1.29 is 0 Å². The van der Waals surface area contributed by atoms with Gasteiger partial charge in [-0.3, -0.25) is 0 Å². The fourth-order valence-electron chi connectivity index (χ4n) is 0.803. The maximum atomic E-state index is 8.52. The highest BCUT2D eigenvalue weighted by Crippen LogP contribution is 2.23. The van der Waals surface area contributed by atoms with Gasteiger partial charge in [-0.15, -0.1) is 0 Å². The molecular weight excluding hydrogens is 206 g/mol. The summed E-state index contributed by atoms with van der Waals surface area (Å²) in [5.41, 5.74) is 6.73. The van der Waals surface area contributed by atoms with E-state index in [0.29, 0.717) is 12.2 Å². The fourth-order valence-corrected chi connectivity index (χ4v) is 1.15. The molecule has 11 heavy (non-hydrogen) atoms. The second-order valence-electron chi connectivity index (χ2n) is 2.08. The first kappa shape index (κ1) is 8.18. The van der Waals surface area contributed by atoms with Gasteiger partial charge in [0.15, 0.2) is 4.98 Å². The molecule has 0 unspecified atom stereocenters. The molecule has 4 heteroatoms. The molecule has 0 aliphatic heterocycles. The largest absolute Gasteiger partial charge is 0.390 e. The molecule has 0 saturated carbocycles. The summed E-state index contributed by atoms with van der Waals surface area (Å²) in [6.45, 7) is 0.382. The molecule has 0 aromatic heterocycles. The summed E-state index contributed by atoms with van der Waals surface area (Å²) >= 11 is 3.25. The van der Waals surface area contributed by atoms with E-state index < -0.39 is 0 Å². The molecule has 0 saturated heterocycles. The van der Waals surface area contributed by atoms with Crippen LogP contribution in [-0.4, -0.2) is 0 Å². The third kappa shape index (κ3) is 1.76. The number of hydrogen-bond acceptors (Lipinski definition) is 2. The highest BCUT2D eigenvalue weighted by Gasteiger charge is 2.11. The molecule has 0 bridgehead atoms. The number of rotatable bonds is 1. The monoisotopic (exact) mass is 212 g/mol. The molecule has 1 aromatic carbocycles. The van der Waals surface area contributed by atoms with E-state index in [1.807, 2.05) is 12.1 Å². The molecule has 0 aliphatic rings. The lowest BCUT2D eigenvalue weighted by molar-refractivity contribution is 1.07.